The number of aromatic amines is 1. The number of rotatable bonds is 5. The van der Waals surface area contributed by atoms with Crippen LogP contribution in [0.1, 0.15) is 24.8 Å². The summed E-state index contributed by atoms with van der Waals surface area (Å²) < 4.78 is 1.87. The lowest BCUT2D eigenvalue weighted by molar-refractivity contribution is -0.130. The summed E-state index contributed by atoms with van der Waals surface area (Å²) in [7, 11) is 0. The van der Waals surface area contributed by atoms with Crippen LogP contribution < -0.4 is 0 Å². The standard InChI is InChI=1S/C20H22N4O/c25-20(7-3-11-24-12-4-10-22-24)23-13-8-16(9-14-23)18-15-21-19-6-2-1-5-17(18)19/h1-2,4-6,8,10,12,15,21H,3,7,9,11,13-14H2. The van der Waals surface area contributed by atoms with Gasteiger partial charge in [0.05, 0.1) is 0 Å². The van der Waals surface area contributed by atoms with Crippen molar-refractivity contribution in [2.45, 2.75) is 25.8 Å². The largest absolute Gasteiger partial charge is 0.361 e. The fourth-order valence-electron chi connectivity index (χ4n) is 3.46. The van der Waals surface area contributed by atoms with Crippen molar-refractivity contribution in [3.63, 3.8) is 0 Å². The van der Waals surface area contributed by atoms with Crippen LogP contribution in [0.3, 0.4) is 0 Å². The van der Waals surface area contributed by atoms with Crippen molar-refractivity contribution in [3.05, 3.63) is 60.6 Å². The Morgan fingerprint density at radius 1 is 1.24 bits per heavy atom. The van der Waals surface area contributed by atoms with Crippen molar-refractivity contribution in [2.24, 2.45) is 0 Å². The third-order valence-corrected chi connectivity index (χ3v) is 4.83. The second-order valence-corrected chi connectivity index (χ2v) is 6.44. The Morgan fingerprint density at radius 2 is 2.16 bits per heavy atom. The first-order chi connectivity index (χ1) is 12.3. The predicted molar refractivity (Wildman–Crippen MR) is 98.9 cm³/mol. The summed E-state index contributed by atoms with van der Waals surface area (Å²) in [6.07, 6.45) is 10.3. The van der Waals surface area contributed by atoms with Crippen molar-refractivity contribution < 1.29 is 4.79 Å². The third kappa shape index (κ3) is 3.36. The molecule has 0 bridgehead atoms. The number of H-pyrrole nitrogens is 1. The Balaban J connectivity index is 1.36. The van der Waals surface area contributed by atoms with E-state index in [4.69, 9.17) is 0 Å². The van der Waals surface area contributed by atoms with Crippen LogP contribution in [0.4, 0.5) is 0 Å². The number of aryl methyl sites for hydroxylation is 1. The number of fused-ring (bicyclic) bond motifs is 1. The van der Waals surface area contributed by atoms with Gasteiger partial charge in [0, 0.05) is 61.1 Å². The van der Waals surface area contributed by atoms with E-state index in [2.05, 4.69) is 40.6 Å². The molecule has 2 aromatic heterocycles. The first kappa shape index (κ1) is 15.7. The average molecular weight is 334 g/mol. The number of carbonyl (C=O) groups excluding carboxylic acids is 1. The third-order valence-electron chi connectivity index (χ3n) is 4.83. The van der Waals surface area contributed by atoms with E-state index in [0.717, 1.165) is 31.4 Å². The van der Waals surface area contributed by atoms with E-state index in [1.807, 2.05) is 27.9 Å². The molecule has 4 rings (SSSR count). The van der Waals surface area contributed by atoms with E-state index in [1.54, 1.807) is 6.20 Å². The van der Waals surface area contributed by atoms with E-state index < -0.39 is 0 Å². The monoisotopic (exact) mass is 334 g/mol. The van der Waals surface area contributed by atoms with Gasteiger partial charge < -0.3 is 9.88 Å². The van der Waals surface area contributed by atoms with Crippen molar-refractivity contribution in [1.82, 2.24) is 19.7 Å². The van der Waals surface area contributed by atoms with Gasteiger partial charge in [0.25, 0.3) is 0 Å². The van der Waals surface area contributed by atoms with Crippen molar-refractivity contribution in [1.29, 1.82) is 0 Å². The molecule has 128 valence electrons. The Hall–Kier alpha value is -2.82. The molecular weight excluding hydrogens is 312 g/mol. The smallest absolute Gasteiger partial charge is 0.222 e. The fourth-order valence-corrected chi connectivity index (χ4v) is 3.46. The molecule has 0 saturated carbocycles. The van der Waals surface area contributed by atoms with Gasteiger partial charge in [-0.25, -0.2) is 0 Å². The van der Waals surface area contributed by atoms with Crippen molar-refractivity contribution in [3.8, 4) is 0 Å². The molecule has 3 heterocycles. The van der Waals surface area contributed by atoms with Crippen LogP contribution in [0.25, 0.3) is 16.5 Å². The molecule has 25 heavy (non-hydrogen) atoms. The summed E-state index contributed by atoms with van der Waals surface area (Å²) in [6, 6.07) is 10.3. The van der Waals surface area contributed by atoms with Crippen LogP contribution in [-0.2, 0) is 11.3 Å². The maximum absolute atomic E-state index is 12.4. The number of aromatic nitrogens is 3. The zero-order chi connectivity index (χ0) is 17.1. The van der Waals surface area contributed by atoms with E-state index >= 15 is 0 Å². The molecule has 3 aromatic rings. The van der Waals surface area contributed by atoms with Crippen LogP contribution in [-0.4, -0.2) is 38.7 Å². The van der Waals surface area contributed by atoms with E-state index in [-0.39, 0.29) is 5.91 Å². The fraction of sp³-hybridized carbons (Fsp3) is 0.300. The van der Waals surface area contributed by atoms with Gasteiger partial charge in [0.1, 0.15) is 0 Å². The lowest BCUT2D eigenvalue weighted by Gasteiger charge is -2.26. The molecule has 0 saturated heterocycles. The number of carbonyl (C=O) groups is 1. The van der Waals surface area contributed by atoms with Gasteiger partial charge in [-0.1, -0.05) is 24.3 Å². The quantitative estimate of drug-likeness (QED) is 0.777. The van der Waals surface area contributed by atoms with Crippen LogP contribution in [0.5, 0.6) is 0 Å². The number of hydrogen-bond acceptors (Lipinski definition) is 2. The Bertz CT molecular complexity index is 891. The number of para-hydroxylation sites is 1. The number of hydrogen-bond donors (Lipinski definition) is 1. The second-order valence-electron chi connectivity index (χ2n) is 6.44. The molecule has 0 aliphatic carbocycles. The van der Waals surface area contributed by atoms with E-state index in [0.29, 0.717) is 13.0 Å². The van der Waals surface area contributed by atoms with Gasteiger partial charge in [0.15, 0.2) is 0 Å². The first-order valence-corrected chi connectivity index (χ1v) is 8.82. The molecule has 1 aliphatic rings. The van der Waals surface area contributed by atoms with E-state index in [1.165, 1.54) is 16.5 Å². The lowest BCUT2D eigenvalue weighted by Crippen LogP contribution is -2.34. The minimum atomic E-state index is 0.237. The first-order valence-electron chi connectivity index (χ1n) is 8.82. The summed E-state index contributed by atoms with van der Waals surface area (Å²) in [5, 5.41) is 5.43. The molecule has 1 aromatic carbocycles. The summed E-state index contributed by atoms with van der Waals surface area (Å²) >= 11 is 0. The topological polar surface area (TPSA) is 53.9 Å². The summed E-state index contributed by atoms with van der Waals surface area (Å²) in [5.74, 6) is 0.237. The highest BCUT2D eigenvalue weighted by atomic mass is 16.2. The minimum Gasteiger partial charge on any atom is -0.361 e. The van der Waals surface area contributed by atoms with Gasteiger partial charge in [-0.2, -0.15) is 5.10 Å². The predicted octanol–water partition coefficient (Wildman–Crippen LogP) is 3.46. The van der Waals surface area contributed by atoms with Gasteiger partial charge in [-0.3, -0.25) is 9.48 Å². The Morgan fingerprint density at radius 3 is 2.96 bits per heavy atom. The number of benzene rings is 1. The lowest BCUT2D eigenvalue weighted by atomic mass is 9.99. The maximum atomic E-state index is 12.4. The number of amides is 1. The van der Waals surface area contributed by atoms with Gasteiger partial charge in [0.2, 0.25) is 5.91 Å². The summed E-state index contributed by atoms with van der Waals surface area (Å²) in [6.45, 7) is 2.30. The molecule has 0 atom stereocenters. The highest BCUT2D eigenvalue weighted by Crippen LogP contribution is 2.29. The molecule has 0 spiro atoms. The maximum Gasteiger partial charge on any atom is 0.222 e. The molecule has 0 radical (unpaired) electrons. The van der Waals surface area contributed by atoms with Crippen LogP contribution in [0.2, 0.25) is 0 Å². The molecule has 1 amide bonds. The SMILES string of the molecule is O=C(CCCn1cccn1)N1CC=C(c2c[nH]c3ccccc23)CC1. The minimum absolute atomic E-state index is 0.237. The summed E-state index contributed by atoms with van der Waals surface area (Å²) in [5.41, 5.74) is 3.76. The van der Waals surface area contributed by atoms with Crippen molar-refractivity contribution in [2.75, 3.05) is 13.1 Å². The zero-order valence-corrected chi connectivity index (χ0v) is 14.2. The average Bonchev–Trinajstić information content (AvgIpc) is 3.31. The van der Waals surface area contributed by atoms with Crippen LogP contribution >= 0.6 is 0 Å². The van der Waals surface area contributed by atoms with Crippen LogP contribution in [0.15, 0.2) is 55.0 Å². The molecule has 5 nitrogen and oxygen atoms in total. The Labute approximate surface area is 146 Å². The van der Waals surface area contributed by atoms with Crippen molar-refractivity contribution >= 4 is 22.4 Å². The second kappa shape index (κ2) is 6.97. The van der Waals surface area contributed by atoms with Gasteiger partial charge in [-0.05, 0) is 30.5 Å². The van der Waals surface area contributed by atoms with Crippen LogP contribution in [0, 0.1) is 0 Å². The highest BCUT2D eigenvalue weighted by Gasteiger charge is 2.19. The van der Waals surface area contributed by atoms with E-state index in [9.17, 15) is 4.79 Å². The van der Waals surface area contributed by atoms with Gasteiger partial charge in [-0.15, -0.1) is 0 Å². The Kier molecular flexibility index (Phi) is 4.37. The summed E-state index contributed by atoms with van der Waals surface area (Å²) in [4.78, 5) is 17.7. The molecule has 0 fully saturated rings. The molecule has 0 unspecified atom stereocenters. The number of nitrogens with zero attached hydrogens (tertiary/aromatic N) is 3. The number of nitrogens with one attached hydrogen (secondary N) is 1. The molecule has 1 N–H and O–H groups in total. The van der Waals surface area contributed by atoms with Gasteiger partial charge >= 0.3 is 0 Å². The molecular formula is C20H22N4O. The molecule has 5 heteroatoms. The molecule has 1 aliphatic heterocycles. The normalized spacial score (nSPS) is 14.7. The highest BCUT2D eigenvalue weighted by molar-refractivity contribution is 5.93. The zero-order valence-electron chi connectivity index (χ0n) is 14.2.